The summed E-state index contributed by atoms with van der Waals surface area (Å²) in [5.74, 6) is 0.586. The lowest BCUT2D eigenvalue weighted by Crippen LogP contribution is -2.24. The fraction of sp³-hybridized carbons (Fsp3) is 0.667. The van der Waals surface area contributed by atoms with Crippen molar-refractivity contribution in [3.8, 4) is 0 Å². The second-order valence-electron chi connectivity index (χ2n) is 3.87. The minimum atomic E-state index is -3.42. The summed E-state index contributed by atoms with van der Waals surface area (Å²) >= 11 is 6.55. The van der Waals surface area contributed by atoms with Gasteiger partial charge in [0.2, 0.25) is 0 Å². The molecule has 0 atom stereocenters. The van der Waals surface area contributed by atoms with E-state index in [0.717, 1.165) is 24.2 Å². The molecule has 1 heterocycles. The summed E-state index contributed by atoms with van der Waals surface area (Å²) in [4.78, 5) is 3.70. The van der Waals surface area contributed by atoms with E-state index in [4.69, 9.17) is 11.6 Å². The first kappa shape index (κ1) is 13.9. The van der Waals surface area contributed by atoms with E-state index in [0.29, 0.717) is 12.5 Å². The molecule has 0 aromatic carbocycles. The summed E-state index contributed by atoms with van der Waals surface area (Å²) in [5.41, 5.74) is 0. The molecule has 0 bridgehead atoms. The number of nitrogens with zero attached hydrogens (tertiary/aromatic N) is 1. The number of thiazole rings is 1. The zero-order valence-corrected chi connectivity index (χ0v) is 11.6. The van der Waals surface area contributed by atoms with Crippen LogP contribution in [0.1, 0.15) is 26.7 Å². The molecular formula is C9H15ClN2O2S2. The van der Waals surface area contributed by atoms with E-state index in [1.165, 1.54) is 6.20 Å². The number of aromatic nitrogens is 1. The lowest BCUT2D eigenvalue weighted by Gasteiger charge is -2.05. The maximum atomic E-state index is 11.7. The average molecular weight is 283 g/mol. The maximum Gasteiger partial charge on any atom is 0.251 e. The molecule has 1 rings (SSSR count). The Balaban J connectivity index is 2.47. The molecule has 92 valence electrons. The number of hydrogen-bond donors (Lipinski definition) is 1. The Morgan fingerprint density at radius 3 is 2.75 bits per heavy atom. The molecule has 0 radical (unpaired) electrons. The van der Waals surface area contributed by atoms with Gasteiger partial charge in [-0.1, -0.05) is 36.8 Å². The Morgan fingerprint density at radius 2 is 2.25 bits per heavy atom. The van der Waals surface area contributed by atoms with Crippen LogP contribution in [-0.4, -0.2) is 19.9 Å². The third-order valence-corrected chi connectivity index (χ3v) is 5.01. The smallest absolute Gasteiger partial charge is 0.232 e. The molecule has 1 aromatic heterocycles. The van der Waals surface area contributed by atoms with Crippen molar-refractivity contribution in [2.75, 3.05) is 6.54 Å². The molecule has 16 heavy (non-hydrogen) atoms. The Morgan fingerprint density at radius 1 is 1.56 bits per heavy atom. The SMILES string of the molecule is CC(C)CCCNS(=O)(=O)c1cnc(Cl)s1. The normalized spacial score (nSPS) is 12.2. The zero-order chi connectivity index (χ0) is 12.2. The van der Waals surface area contributed by atoms with Crippen LogP contribution in [0.5, 0.6) is 0 Å². The Kier molecular flexibility index (Phi) is 5.17. The molecule has 0 fully saturated rings. The third kappa shape index (κ3) is 4.37. The second-order valence-corrected chi connectivity index (χ2v) is 7.47. The van der Waals surface area contributed by atoms with Gasteiger partial charge in [0.15, 0.2) is 8.68 Å². The molecule has 0 aliphatic carbocycles. The number of halogens is 1. The van der Waals surface area contributed by atoms with Gasteiger partial charge in [0.1, 0.15) is 0 Å². The fourth-order valence-corrected chi connectivity index (χ4v) is 3.56. The summed E-state index contributed by atoms with van der Waals surface area (Å²) in [5, 5.41) is 0. The molecule has 0 amide bonds. The van der Waals surface area contributed by atoms with Crippen molar-refractivity contribution in [3.05, 3.63) is 10.7 Å². The van der Waals surface area contributed by atoms with Crippen molar-refractivity contribution in [1.29, 1.82) is 0 Å². The Bertz CT molecular complexity index is 428. The third-order valence-electron chi connectivity index (χ3n) is 1.97. The zero-order valence-electron chi connectivity index (χ0n) is 9.23. The van der Waals surface area contributed by atoms with Crippen molar-refractivity contribution in [3.63, 3.8) is 0 Å². The van der Waals surface area contributed by atoms with E-state index in [2.05, 4.69) is 23.6 Å². The number of rotatable bonds is 6. The highest BCUT2D eigenvalue weighted by molar-refractivity contribution is 7.91. The summed E-state index contributed by atoms with van der Waals surface area (Å²) < 4.78 is 26.3. The summed E-state index contributed by atoms with van der Waals surface area (Å²) in [7, 11) is -3.42. The molecule has 0 unspecified atom stereocenters. The monoisotopic (exact) mass is 282 g/mol. The first-order chi connectivity index (χ1) is 7.42. The van der Waals surface area contributed by atoms with Crippen LogP contribution < -0.4 is 4.72 Å². The van der Waals surface area contributed by atoms with Gasteiger partial charge in [0.25, 0.3) is 10.0 Å². The van der Waals surface area contributed by atoms with Crippen molar-refractivity contribution in [2.45, 2.75) is 30.9 Å². The Hall–Kier alpha value is -0.170. The van der Waals surface area contributed by atoms with E-state index >= 15 is 0 Å². The fourth-order valence-electron chi connectivity index (χ4n) is 1.15. The van der Waals surface area contributed by atoms with Gasteiger partial charge in [-0.3, -0.25) is 0 Å². The van der Waals surface area contributed by atoms with Crippen molar-refractivity contribution < 1.29 is 8.42 Å². The van der Waals surface area contributed by atoms with Gasteiger partial charge in [-0.25, -0.2) is 18.1 Å². The van der Waals surface area contributed by atoms with Crippen LogP contribution in [0.25, 0.3) is 0 Å². The van der Waals surface area contributed by atoms with Gasteiger partial charge in [-0.15, -0.1) is 0 Å². The van der Waals surface area contributed by atoms with Gasteiger partial charge < -0.3 is 0 Å². The van der Waals surface area contributed by atoms with Crippen molar-refractivity contribution in [2.24, 2.45) is 5.92 Å². The number of sulfonamides is 1. The van der Waals surface area contributed by atoms with Crippen molar-refractivity contribution >= 4 is 33.0 Å². The lowest BCUT2D eigenvalue weighted by molar-refractivity contribution is 0.540. The van der Waals surface area contributed by atoms with Crippen LogP contribution in [0.3, 0.4) is 0 Å². The molecule has 4 nitrogen and oxygen atoms in total. The predicted molar refractivity (Wildman–Crippen MR) is 66.4 cm³/mol. The molecule has 1 N–H and O–H groups in total. The maximum absolute atomic E-state index is 11.7. The topological polar surface area (TPSA) is 59.1 Å². The van der Waals surface area contributed by atoms with E-state index in [-0.39, 0.29) is 8.68 Å². The van der Waals surface area contributed by atoms with Crippen LogP contribution in [0, 0.1) is 5.92 Å². The summed E-state index contributed by atoms with van der Waals surface area (Å²) in [6.07, 6.45) is 3.12. The predicted octanol–water partition coefficient (Wildman–Crippen LogP) is 2.51. The van der Waals surface area contributed by atoms with Crippen LogP contribution in [0.2, 0.25) is 4.47 Å². The van der Waals surface area contributed by atoms with Gasteiger partial charge in [-0.2, -0.15) is 0 Å². The highest BCUT2D eigenvalue weighted by atomic mass is 35.5. The Labute approximate surface area is 105 Å². The molecular weight excluding hydrogens is 268 g/mol. The summed E-state index contributed by atoms with van der Waals surface area (Å²) in [6, 6.07) is 0. The first-order valence-electron chi connectivity index (χ1n) is 5.03. The number of nitrogens with one attached hydrogen (secondary N) is 1. The quantitative estimate of drug-likeness (QED) is 0.816. The molecule has 0 saturated carbocycles. The molecule has 0 aliphatic rings. The molecule has 7 heteroatoms. The average Bonchev–Trinajstić information content (AvgIpc) is 2.60. The molecule has 0 aliphatic heterocycles. The highest BCUT2D eigenvalue weighted by Gasteiger charge is 2.16. The van der Waals surface area contributed by atoms with E-state index < -0.39 is 10.0 Å². The van der Waals surface area contributed by atoms with Crippen LogP contribution in [0.15, 0.2) is 10.4 Å². The lowest BCUT2D eigenvalue weighted by atomic mass is 10.1. The van der Waals surface area contributed by atoms with Crippen LogP contribution >= 0.6 is 22.9 Å². The molecule has 0 saturated heterocycles. The van der Waals surface area contributed by atoms with Gasteiger partial charge in [-0.05, 0) is 18.8 Å². The van der Waals surface area contributed by atoms with Crippen LogP contribution in [-0.2, 0) is 10.0 Å². The molecule has 1 aromatic rings. The van der Waals surface area contributed by atoms with Gasteiger partial charge in [0, 0.05) is 6.54 Å². The summed E-state index contributed by atoms with van der Waals surface area (Å²) in [6.45, 7) is 4.67. The van der Waals surface area contributed by atoms with E-state index in [1.807, 2.05) is 0 Å². The van der Waals surface area contributed by atoms with Crippen LogP contribution in [0.4, 0.5) is 0 Å². The van der Waals surface area contributed by atoms with Gasteiger partial charge >= 0.3 is 0 Å². The first-order valence-corrected chi connectivity index (χ1v) is 7.70. The van der Waals surface area contributed by atoms with Gasteiger partial charge in [0.05, 0.1) is 6.20 Å². The largest absolute Gasteiger partial charge is 0.251 e. The highest BCUT2D eigenvalue weighted by Crippen LogP contribution is 2.22. The van der Waals surface area contributed by atoms with E-state index in [1.54, 1.807) is 0 Å². The van der Waals surface area contributed by atoms with Crippen molar-refractivity contribution in [1.82, 2.24) is 9.71 Å². The molecule has 0 spiro atoms. The second kappa shape index (κ2) is 5.95. The minimum Gasteiger partial charge on any atom is -0.232 e. The minimum absolute atomic E-state index is 0.169. The standard InChI is InChI=1S/C9H15ClN2O2S2/c1-7(2)4-3-5-12-16(13,14)8-6-11-9(10)15-8/h6-7,12H,3-5H2,1-2H3. The number of hydrogen-bond acceptors (Lipinski definition) is 4. The van der Waals surface area contributed by atoms with E-state index in [9.17, 15) is 8.42 Å².